The Morgan fingerprint density at radius 1 is 1.04 bits per heavy atom. The van der Waals surface area contributed by atoms with E-state index in [9.17, 15) is 13.2 Å². The van der Waals surface area contributed by atoms with E-state index in [-0.39, 0.29) is 18.1 Å². The standard InChI is InChI=1S/C19H25F3O2/c1-2-4-12-10-23-19(24-11-12)14-6-3-5-13(7-14)15-8-16(20)18(22)17(21)9-15/h8-9,12-14,19H,2-7,10-11H2,1H3. The third kappa shape index (κ3) is 3.94. The van der Waals surface area contributed by atoms with Gasteiger partial charge < -0.3 is 9.47 Å². The third-order valence-electron chi connectivity index (χ3n) is 5.27. The first kappa shape index (κ1) is 17.7. The predicted molar refractivity (Wildman–Crippen MR) is 85.1 cm³/mol. The van der Waals surface area contributed by atoms with E-state index in [4.69, 9.17) is 9.47 Å². The van der Waals surface area contributed by atoms with Gasteiger partial charge in [0, 0.05) is 11.8 Å². The van der Waals surface area contributed by atoms with Crippen LogP contribution >= 0.6 is 0 Å². The molecule has 2 nitrogen and oxygen atoms in total. The van der Waals surface area contributed by atoms with E-state index in [1.807, 2.05) is 0 Å². The van der Waals surface area contributed by atoms with Gasteiger partial charge in [0.15, 0.2) is 23.7 Å². The molecule has 0 spiro atoms. The highest BCUT2D eigenvalue weighted by Crippen LogP contribution is 2.40. The molecule has 0 amide bonds. The first-order valence-electron chi connectivity index (χ1n) is 8.96. The lowest BCUT2D eigenvalue weighted by atomic mass is 9.77. The van der Waals surface area contributed by atoms with Crippen LogP contribution in [-0.2, 0) is 9.47 Å². The molecule has 2 unspecified atom stereocenters. The smallest absolute Gasteiger partial charge is 0.194 e. The van der Waals surface area contributed by atoms with E-state index in [1.54, 1.807) is 0 Å². The highest BCUT2D eigenvalue weighted by atomic mass is 19.2. The van der Waals surface area contributed by atoms with Crippen molar-refractivity contribution in [3.05, 3.63) is 35.1 Å². The molecule has 0 bridgehead atoms. The fourth-order valence-electron chi connectivity index (χ4n) is 3.99. The lowest BCUT2D eigenvalue weighted by molar-refractivity contribution is -0.229. The van der Waals surface area contributed by atoms with Crippen molar-refractivity contribution in [3.63, 3.8) is 0 Å². The second-order valence-corrected chi connectivity index (χ2v) is 7.11. The second kappa shape index (κ2) is 7.87. The Balaban J connectivity index is 1.63. The molecule has 1 aliphatic heterocycles. The highest BCUT2D eigenvalue weighted by molar-refractivity contribution is 5.23. The Morgan fingerprint density at radius 3 is 2.33 bits per heavy atom. The third-order valence-corrected chi connectivity index (χ3v) is 5.27. The molecule has 2 fully saturated rings. The van der Waals surface area contributed by atoms with Crippen LogP contribution in [0.2, 0.25) is 0 Å². The summed E-state index contributed by atoms with van der Waals surface area (Å²) in [4.78, 5) is 0. The molecule has 3 rings (SSSR count). The fraction of sp³-hybridized carbons (Fsp3) is 0.684. The van der Waals surface area contributed by atoms with Crippen molar-refractivity contribution in [2.75, 3.05) is 13.2 Å². The molecule has 0 N–H and O–H groups in total. The molecule has 134 valence electrons. The predicted octanol–water partition coefficient (Wildman–Crippen LogP) is 5.17. The first-order chi connectivity index (χ1) is 11.6. The molecule has 1 heterocycles. The van der Waals surface area contributed by atoms with Crippen molar-refractivity contribution in [2.24, 2.45) is 11.8 Å². The summed E-state index contributed by atoms with van der Waals surface area (Å²) in [7, 11) is 0. The average Bonchev–Trinajstić information content (AvgIpc) is 2.60. The molecule has 5 heteroatoms. The van der Waals surface area contributed by atoms with Gasteiger partial charge in [0.2, 0.25) is 0 Å². The quantitative estimate of drug-likeness (QED) is 0.703. The Bertz CT molecular complexity index is 533. The van der Waals surface area contributed by atoms with E-state index in [1.165, 1.54) is 0 Å². The maximum absolute atomic E-state index is 13.5. The molecular formula is C19H25F3O2. The van der Waals surface area contributed by atoms with Crippen LogP contribution in [0, 0.1) is 29.3 Å². The van der Waals surface area contributed by atoms with Gasteiger partial charge in [-0.15, -0.1) is 0 Å². The van der Waals surface area contributed by atoms with Crippen molar-refractivity contribution in [1.82, 2.24) is 0 Å². The number of benzene rings is 1. The Labute approximate surface area is 141 Å². The van der Waals surface area contributed by atoms with Gasteiger partial charge in [0.25, 0.3) is 0 Å². The zero-order valence-corrected chi connectivity index (χ0v) is 14.1. The minimum absolute atomic E-state index is 0.0221. The van der Waals surface area contributed by atoms with Crippen LogP contribution in [0.3, 0.4) is 0 Å². The van der Waals surface area contributed by atoms with Crippen molar-refractivity contribution in [3.8, 4) is 0 Å². The van der Waals surface area contributed by atoms with E-state index in [2.05, 4.69) is 6.92 Å². The number of hydrogen-bond acceptors (Lipinski definition) is 2. The molecule has 1 saturated carbocycles. The summed E-state index contributed by atoms with van der Waals surface area (Å²) >= 11 is 0. The monoisotopic (exact) mass is 342 g/mol. The van der Waals surface area contributed by atoms with Crippen LogP contribution in [0.15, 0.2) is 12.1 Å². The maximum atomic E-state index is 13.5. The molecular weight excluding hydrogens is 317 g/mol. The van der Waals surface area contributed by atoms with Crippen molar-refractivity contribution in [2.45, 2.75) is 57.7 Å². The highest BCUT2D eigenvalue weighted by Gasteiger charge is 2.34. The number of hydrogen-bond donors (Lipinski definition) is 0. The van der Waals surface area contributed by atoms with Crippen molar-refractivity contribution >= 4 is 0 Å². The van der Waals surface area contributed by atoms with E-state index >= 15 is 0 Å². The van der Waals surface area contributed by atoms with Gasteiger partial charge in [-0.2, -0.15) is 0 Å². The summed E-state index contributed by atoms with van der Waals surface area (Å²) in [6.45, 7) is 3.59. The molecule has 1 aromatic rings. The lowest BCUT2D eigenvalue weighted by Crippen LogP contribution is -2.38. The fourth-order valence-corrected chi connectivity index (χ4v) is 3.99. The van der Waals surface area contributed by atoms with Gasteiger partial charge in [-0.3, -0.25) is 0 Å². The largest absolute Gasteiger partial charge is 0.352 e. The van der Waals surface area contributed by atoms with Crippen LogP contribution in [0.5, 0.6) is 0 Å². The second-order valence-electron chi connectivity index (χ2n) is 7.11. The van der Waals surface area contributed by atoms with Crippen LogP contribution in [0.25, 0.3) is 0 Å². The van der Waals surface area contributed by atoms with Crippen LogP contribution in [-0.4, -0.2) is 19.5 Å². The van der Waals surface area contributed by atoms with Gasteiger partial charge in [-0.1, -0.05) is 19.8 Å². The summed E-state index contributed by atoms with van der Waals surface area (Å²) in [6, 6.07) is 2.26. The van der Waals surface area contributed by atoms with Crippen LogP contribution in [0.4, 0.5) is 13.2 Å². The minimum Gasteiger partial charge on any atom is -0.352 e. The Morgan fingerprint density at radius 2 is 1.71 bits per heavy atom. The van der Waals surface area contributed by atoms with Gasteiger partial charge >= 0.3 is 0 Å². The van der Waals surface area contributed by atoms with Crippen molar-refractivity contribution in [1.29, 1.82) is 0 Å². The summed E-state index contributed by atoms with van der Waals surface area (Å²) < 4.78 is 52.0. The number of rotatable bonds is 4. The maximum Gasteiger partial charge on any atom is 0.194 e. The molecule has 1 saturated heterocycles. The summed E-state index contributed by atoms with van der Waals surface area (Å²) in [5.41, 5.74) is 0.538. The van der Waals surface area contributed by atoms with E-state index < -0.39 is 17.5 Å². The van der Waals surface area contributed by atoms with Crippen LogP contribution < -0.4 is 0 Å². The Hall–Kier alpha value is -1.07. The van der Waals surface area contributed by atoms with Gasteiger partial charge in [0.05, 0.1) is 13.2 Å². The molecule has 0 radical (unpaired) electrons. The molecule has 2 atom stereocenters. The normalized spacial score (nSPS) is 31.2. The molecule has 24 heavy (non-hydrogen) atoms. The zero-order chi connectivity index (χ0) is 17.1. The average molecular weight is 342 g/mol. The van der Waals surface area contributed by atoms with E-state index in [0.29, 0.717) is 11.5 Å². The molecule has 2 aliphatic rings. The number of ether oxygens (including phenoxy) is 2. The van der Waals surface area contributed by atoms with Crippen molar-refractivity contribution < 1.29 is 22.6 Å². The molecule has 0 aromatic heterocycles. The number of halogens is 3. The molecule has 1 aliphatic carbocycles. The molecule has 1 aromatic carbocycles. The summed E-state index contributed by atoms with van der Waals surface area (Å²) in [6.07, 6.45) is 5.56. The van der Waals surface area contributed by atoms with E-state index in [0.717, 1.165) is 63.9 Å². The summed E-state index contributed by atoms with van der Waals surface area (Å²) in [5, 5.41) is 0. The minimum atomic E-state index is -1.40. The van der Waals surface area contributed by atoms with Gasteiger partial charge in [-0.05, 0) is 49.3 Å². The van der Waals surface area contributed by atoms with Gasteiger partial charge in [-0.25, -0.2) is 13.2 Å². The van der Waals surface area contributed by atoms with Gasteiger partial charge in [0.1, 0.15) is 0 Å². The Kier molecular flexibility index (Phi) is 5.82. The summed E-state index contributed by atoms with van der Waals surface area (Å²) in [5.74, 6) is -2.91. The zero-order valence-electron chi connectivity index (χ0n) is 14.1. The SMILES string of the molecule is CCCC1COC(C2CCCC(c3cc(F)c(F)c(F)c3)C2)OC1. The van der Waals surface area contributed by atoms with Crippen LogP contribution in [0.1, 0.15) is 56.9 Å². The topological polar surface area (TPSA) is 18.5 Å². The first-order valence-corrected chi connectivity index (χ1v) is 8.96. The lowest BCUT2D eigenvalue weighted by Gasteiger charge is -2.38.